The van der Waals surface area contributed by atoms with Crippen LogP contribution in [0.5, 0.6) is 5.75 Å². The molecule has 2 aromatic rings. The van der Waals surface area contributed by atoms with Crippen molar-refractivity contribution in [3.8, 4) is 5.75 Å². The minimum Gasteiger partial charge on any atom is -0.494 e. The molecule has 1 aromatic heterocycles. The highest BCUT2D eigenvalue weighted by Gasteiger charge is 2.11. The molecule has 0 aliphatic heterocycles. The van der Waals surface area contributed by atoms with Crippen LogP contribution < -0.4 is 10.1 Å². The Balaban J connectivity index is 2.31. The van der Waals surface area contributed by atoms with Gasteiger partial charge < -0.3 is 10.1 Å². The van der Waals surface area contributed by atoms with Crippen LogP contribution in [0.3, 0.4) is 0 Å². The van der Waals surface area contributed by atoms with Crippen molar-refractivity contribution in [1.29, 1.82) is 0 Å². The predicted molar refractivity (Wildman–Crippen MR) is 67.6 cm³/mol. The monoisotopic (exact) mass is 265 g/mol. The van der Waals surface area contributed by atoms with Crippen molar-refractivity contribution in [3.05, 3.63) is 41.9 Å². The average Bonchev–Trinajstić information content (AvgIpc) is 2.43. The van der Waals surface area contributed by atoms with Gasteiger partial charge >= 0.3 is 0 Å². The number of nitrogens with zero attached hydrogens (tertiary/aromatic N) is 2. The second-order valence-corrected chi connectivity index (χ2v) is 3.81. The second kappa shape index (κ2) is 5.60. The van der Waals surface area contributed by atoms with E-state index in [4.69, 9.17) is 4.74 Å². The Morgan fingerprint density at radius 3 is 2.74 bits per heavy atom. The molecule has 0 spiro atoms. The summed E-state index contributed by atoms with van der Waals surface area (Å²) in [6, 6.07) is 4.15. The Bertz CT molecular complexity index is 590. The molecule has 0 bridgehead atoms. The number of benzene rings is 1. The van der Waals surface area contributed by atoms with Crippen LogP contribution in [0.4, 0.5) is 20.3 Å². The third-order valence-corrected chi connectivity index (χ3v) is 2.61. The lowest BCUT2D eigenvalue weighted by Crippen LogP contribution is -2.03. The van der Waals surface area contributed by atoms with E-state index in [0.717, 1.165) is 0 Å². The fraction of sp³-hybridized carbons (Fsp3) is 0.231. The molecule has 0 unspecified atom stereocenters. The van der Waals surface area contributed by atoms with E-state index in [-0.39, 0.29) is 11.6 Å². The zero-order chi connectivity index (χ0) is 13.8. The molecule has 0 saturated heterocycles. The largest absolute Gasteiger partial charge is 0.494 e. The summed E-state index contributed by atoms with van der Waals surface area (Å²) in [5.41, 5.74) is 0.810. The number of hydrogen-bond donors (Lipinski definition) is 1. The molecule has 0 saturated carbocycles. The summed E-state index contributed by atoms with van der Waals surface area (Å²) in [7, 11) is 1.36. The van der Waals surface area contributed by atoms with Crippen molar-refractivity contribution >= 4 is 11.5 Å². The Kier molecular flexibility index (Phi) is 3.89. The Hall–Kier alpha value is -2.24. The Labute approximate surface area is 109 Å². The molecule has 1 N–H and O–H groups in total. The van der Waals surface area contributed by atoms with Crippen LogP contribution in [0.2, 0.25) is 0 Å². The zero-order valence-electron chi connectivity index (χ0n) is 10.6. The molecule has 0 aliphatic rings. The first-order valence-electron chi connectivity index (χ1n) is 5.75. The Morgan fingerprint density at radius 1 is 1.26 bits per heavy atom. The molecular formula is C13H13F2N3O. The standard InChI is InChI=1S/C13H13F2N3O/c1-3-10-12(15)13(17-7-16-10)18-8-4-5-9(14)11(6-8)19-2/h4-7H,3H2,1-2H3,(H,16,17,18). The van der Waals surface area contributed by atoms with E-state index in [1.807, 2.05) is 0 Å². The topological polar surface area (TPSA) is 47.0 Å². The Morgan fingerprint density at radius 2 is 2.05 bits per heavy atom. The van der Waals surface area contributed by atoms with E-state index in [1.54, 1.807) is 6.92 Å². The fourth-order valence-corrected chi connectivity index (χ4v) is 1.61. The fourth-order valence-electron chi connectivity index (χ4n) is 1.61. The first-order chi connectivity index (χ1) is 9.15. The van der Waals surface area contributed by atoms with Gasteiger partial charge in [-0.1, -0.05) is 6.92 Å². The SMILES string of the molecule is CCc1ncnc(Nc2ccc(F)c(OC)c2)c1F. The first kappa shape index (κ1) is 13.2. The first-order valence-corrected chi connectivity index (χ1v) is 5.75. The van der Waals surface area contributed by atoms with Gasteiger partial charge in [-0.05, 0) is 18.6 Å². The van der Waals surface area contributed by atoms with E-state index >= 15 is 0 Å². The van der Waals surface area contributed by atoms with E-state index in [1.165, 1.54) is 31.6 Å². The number of halogens is 2. The van der Waals surface area contributed by atoms with Crippen LogP contribution in [0.1, 0.15) is 12.6 Å². The second-order valence-electron chi connectivity index (χ2n) is 3.81. The van der Waals surface area contributed by atoms with Gasteiger partial charge in [-0.25, -0.2) is 18.7 Å². The van der Waals surface area contributed by atoms with Crippen LogP contribution >= 0.6 is 0 Å². The van der Waals surface area contributed by atoms with Gasteiger partial charge in [0.15, 0.2) is 23.2 Å². The van der Waals surface area contributed by atoms with Crippen LogP contribution in [0.25, 0.3) is 0 Å². The smallest absolute Gasteiger partial charge is 0.187 e. The van der Waals surface area contributed by atoms with Crippen LogP contribution in [-0.4, -0.2) is 17.1 Å². The molecule has 1 aromatic carbocycles. The highest BCUT2D eigenvalue weighted by Crippen LogP contribution is 2.25. The number of methoxy groups -OCH3 is 1. The summed E-state index contributed by atoms with van der Waals surface area (Å²) in [6.45, 7) is 1.80. The lowest BCUT2D eigenvalue weighted by molar-refractivity contribution is 0.387. The third-order valence-electron chi connectivity index (χ3n) is 2.61. The quantitative estimate of drug-likeness (QED) is 0.922. The average molecular weight is 265 g/mol. The predicted octanol–water partition coefficient (Wildman–Crippen LogP) is 3.07. The van der Waals surface area contributed by atoms with Gasteiger partial charge in [0.25, 0.3) is 0 Å². The summed E-state index contributed by atoms with van der Waals surface area (Å²) in [6.07, 6.45) is 1.75. The maximum Gasteiger partial charge on any atom is 0.187 e. The molecule has 0 fully saturated rings. The van der Waals surface area contributed by atoms with Gasteiger partial charge in [0.05, 0.1) is 12.8 Å². The van der Waals surface area contributed by atoms with Crippen molar-refractivity contribution in [2.75, 3.05) is 12.4 Å². The molecule has 1 heterocycles. The summed E-state index contributed by atoms with van der Waals surface area (Å²) < 4.78 is 32.0. The maximum atomic E-state index is 13.9. The van der Waals surface area contributed by atoms with E-state index in [9.17, 15) is 8.78 Å². The molecule has 0 atom stereocenters. The van der Waals surface area contributed by atoms with E-state index in [2.05, 4.69) is 15.3 Å². The number of aryl methyl sites for hydroxylation is 1. The van der Waals surface area contributed by atoms with E-state index in [0.29, 0.717) is 17.8 Å². The van der Waals surface area contributed by atoms with Gasteiger partial charge in [-0.2, -0.15) is 0 Å². The van der Waals surface area contributed by atoms with E-state index < -0.39 is 11.6 Å². The number of hydrogen-bond acceptors (Lipinski definition) is 4. The summed E-state index contributed by atoms with van der Waals surface area (Å²) in [5.74, 6) is -0.852. The van der Waals surface area contributed by atoms with Crippen molar-refractivity contribution in [2.24, 2.45) is 0 Å². The van der Waals surface area contributed by atoms with Gasteiger partial charge in [-0.15, -0.1) is 0 Å². The normalized spacial score (nSPS) is 10.3. The number of aromatic nitrogens is 2. The number of anilines is 2. The molecular weight excluding hydrogens is 252 g/mol. The van der Waals surface area contributed by atoms with Crippen LogP contribution in [0.15, 0.2) is 24.5 Å². The minimum atomic E-state index is -0.506. The summed E-state index contributed by atoms with van der Waals surface area (Å²) in [4.78, 5) is 7.66. The third kappa shape index (κ3) is 2.78. The van der Waals surface area contributed by atoms with Gasteiger partial charge in [0.1, 0.15) is 6.33 Å². The van der Waals surface area contributed by atoms with Crippen molar-refractivity contribution in [1.82, 2.24) is 9.97 Å². The maximum absolute atomic E-state index is 13.9. The van der Waals surface area contributed by atoms with Crippen molar-refractivity contribution in [3.63, 3.8) is 0 Å². The zero-order valence-corrected chi connectivity index (χ0v) is 10.6. The van der Waals surface area contributed by atoms with Crippen molar-refractivity contribution < 1.29 is 13.5 Å². The molecule has 19 heavy (non-hydrogen) atoms. The number of nitrogens with one attached hydrogen (secondary N) is 1. The number of rotatable bonds is 4. The number of ether oxygens (including phenoxy) is 1. The van der Waals surface area contributed by atoms with Crippen LogP contribution in [-0.2, 0) is 6.42 Å². The highest BCUT2D eigenvalue weighted by molar-refractivity contribution is 5.59. The lowest BCUT2D eigenvalue weighted by atomic mass is 10.2. The molecule has 0 aliphatic carbocycles. The summed E-state index contributed by atoms with van der Waals surface area (Å²) >= 11 is 0. The molecule has 4 nitrogen and oxygen atoms in total. The summed E-state index contributed by atoms with van der Waals surface area (Å²) in [5, 5.41) is 2.78. The molecule has 100 valence electrons. The molecule has 0 radical (unpaired) electrons. The lowest BCUT2D eigenvalue weighted by Gasteiger charge is -2.09. The van der Waals surface area contributed by atoms with Crippen LogP contribution in [0, 0.1) is 11.6 Å². The molecule has 6 heteroatoms. The van der Waals surface area contributed by atoms with Gasteiger partial charge in [0.2, 0.25) is 0 Å². The highest BCUT2D eigenvalue weighted by atomic mass is 19.1. The van der Waals surface area contributed by atoms with Gasteiger partial charge in [0, 0.05) is 11.8 Å². The van der Waals surface area contributed by atoms with Crippen molar-refractivity contribution in [2.45, 2.75) is 13.3 Å². The van der Waals surface area contributed by atoms with Gasteiger partial charge in [-0.3, -0.25) is 0 Å². The minimum absolute atomic E-state index is 0.0560. The molecule has 0 amide bonds. The molecule has 2 rings (SSSR count).